The fraction of sp³-hybridized carbons (Fsp3) is 0.729. The minimum Gasteiger partial charge on any atom is -0.462 e. The third kappa shape index (κ3) is 31.7. The molecule has 350 valence electrons. The van der Waals surface area contributed by atoms with Gasteiger partial charge >= 0.3 is 19.8 Å². The largest absolute Gasteiger partial charge is 0.472 e. The number of hydrogen-bond donors (Lipinski definition) is 3. The average Bonchev–Trinajstić information content (AvgIpc) is 3.47. The monoisotopic (exact) mass is 881 g/mol. The molecule has 61 heavy (non-hydrogen) atoms. The van der Waals surface area contributed by atoms with Crippen LogP contribution in [-0.2, 0) is 37.5 Å². The van der Waals surface area contributed by atoms with Gasteiger partial charge in [-0.3, -0.25) is 23.4 Å². The van der Waals surface area contributed by atoms with Gasteiger partial charge in [0.1, 0.15) is 25.5 Å². The number of phosphoric acid groups is 1. The van der Waals surface area contributed by atoms with Gasteiger partial charge < -0.3 is 29.1 Å². The van der Waals surface area contributed by atoms with Crippen LogP contribution >= 0.6 is 7.82 Å². The highest BCUT2D eigenvalue weighted by atomic mass is 31.2. The molecule has 0 aliphatic heterocycles. The molecule has 0 aromatic carbocycles. The predicted octanol–water partition coefficient (Wildman–Crippen LogP) is 9.83. The molecule has 0 aromatic heterocycles. The number of esters is 2. The number of rotatable bonds is 37. The Hall–Kier alpha value is -2.70. The number of nitrogens with zero attached hydrogens (tertiary/aromatic N) is 1. The van der Waals surface area contributed by atoms with E-state index in [0.29, 0.717) is 49.6 Å². The van der Waals surface area contributed by atoms with Crippen LogP contribution < -0.4 is 0 Å². The van der Waals surface area contributed by atoms with Gasteiger partial charge in [0.25, 0.3) is 0 Å². The molecular weight excluding hydrogens is 797 g/mol. The number of ketones is 1. The normalized spacial score (nSPS) is 19.5. The molecule has 3 N–H and O–H groups in total. The van der Waals surface area contributed by atoms with Crippen molar-refractivity contribution < 1.29 is 57.1 Å². The molecule has 1 unspecified atom stereocenters. The van der Waals surface area contributed by atoms with Crippen LogP contribution in [0.5, 0.6) is 0 Å². The molecule has 1 fully saturated rings. The Labute approximate surface area is 368 Å². The van der Waals surface area contributed by atoms with Crippen LogP contribution in [0, 0.1) is 11.8 Å². The first-order valence-electron chi connectivity index (χ1n) is 23.1. The second kappa shape index (κ2) is 34.7. The summed E-state index contributed by atoms with van der Waals surface area (Å²) in [5.74, 6) is -1.59. The molecule has 0 spiro atoms. The average molecular weight is 881 g/mol. The smallest absolute Gasteiger partial charge is 0.462 e. The second-order valence-corrected chi connectivity index (χ2v) is 18.7. The number of likely N-dealkylation sites (N-methyl/N-ethyl adjacent to an activating group) is 1. The second-order valence-electron chi connectivity index (χ2n) is 17.2. The summed E-state index contributed by atoms with van der Waals surface area (Å²) in [5, 5.41) is 20.8. The molecule has 0 saturated heterocycles. The standard InChI is InChI=1S/C48H82NO11P/c1-6-8-10-11-12-13-14-15-16-17-18-19-20-21-22-23-28-32-47(53)57-39-42(40-59-61(55,56)58-37-36-49(3,4)5)60-48(54)33-29-25-24-27-31-43-44(46(52)38-45(43)51)35-34-41(50)30-26-9-7-2/h12-13,15-16,18-19,21-22,34-35,41-44,46,50,52H,6-11,14,17,20,23-33,36-40H2,1-5H3/p+1/b13-12-,16-15-,19-18-,22-21-,35-34+/t41-,42+,43+,44+,46+/m0/s1. The van der Waals surface area contributed by atoms with Crippen molar-refractivity contribution >= 4 is 25.5 Å². The summed E-state index contributed by atoms with van der Waals surface area (Å²) >= 11 is 0. The maximum atomic E-state index is 12.8. The molecule has 1 saturated carbocycles. The molecule has 0 heterocycles. The van der Waals surface area contributed by atoms with E-state index in [-0.39, 0.29) is 50.1 Å². The number of quaternary nitrogens is 1. The van der Waals surface area contributed by atoms with Gasteiger partial charge in [0.05, 0.1) is 40.0 Å². The molecule has 0 bridgehead atoms. The van der Waals surface area contributed by atoms with E-state index >= 15 is 0 Å². The van der Waals surface area contributed by atoms with Gasteiger partial charge in [0.15, 0.2) is 6.10 Å². The third-order valence-corrected chi connectivity index (χ3v) is 11.4. The number of carbonyl (C=O) groups excluding carboxylic acids is 3. The molecular formula is C48H83NO11P+. The minimum absolute atomic E-state index is 0.0226. The van der Waals surface area contributed by atoms with Crippen molar-refractivity contribution in [1.82, 2.24) is 0 Å². The van der Waals surface area contributed by atoms with Crippen LogP contribution in [0.2, 0.25) is 0 Å². The van der Waals surface area contributed by atoms with Gasteiger partial charge in [0.2, 0.25) is 0 Å². The number of carbonyl (C=O) groups is 3. The van der Waals surface area contributed by atoms with E-state index in [0.717, 1.165) is 57.8 Å². The number of Topliss-reactive ketones (excluding diaryl/α,β-unsaturated/α-hetero) is 1. The Balaban J connectivity index is 2.51. The topological polar surface area (TPSA) is 166 Å². The SMILES string of the molecule is CCCCC/C=C\C/C=C\C/C=C\C/C=C\CCCC(=O)OC[C@H](COP(=O)(O)OCC[N+](C)(C)C)OC(=O)CCCCCC[C@H]1C(=O)C[C@@H](O)[C@@H]1/C=C/[C@@H](O)CCCCC. The third-order valence-electron chi connectivity index (χ3n) is 10.4. The van der Waals surface area contributed by atoms with Crippen molar-refractivity contribution in [3.8, 4) is 0 Å². The minimum atomic E-state index is -4.46. The van der Waals surface area contributed by atoms with Crippen molar-refractivity contribution in [1.29, 1.82) is 0 Å². The van der Waals surface area contributed by atoms with E-state index in [9.17, 15) is 34.1 Å². The number of unbranched alkanes of at least 4 members (excludes halogenated alkanes) is 9. The van der Waals surface area contributed by atoms with E-state index in [1.165, 1.54) is 19.3 Å². The van der Waals surface area contributed by atoms with E-state index in [1.807, 2.05) is 33.3 Å². The number of phosphoric ester groups is 1. The molecule has 6 atom stereocenters. The maximum Gasteiger partial charge on any atom is 0.472 e. The number of ether oxygens (including phenoxy) is 2. The molecule has 0 radical (unpaired) electrons. The lowest BCUT2D eigenvalue weighted by Gasteiger charge is -2.24. The Morgan fingerprint density at radius 3 is 2.00 bits per heavy atom. The molecule has 1 aliphatic carbocycles. The quantitative estimate of drug-likeness (QED) is 0.0179. The van der Waals surface area contributed by atoms with E-state index in [4.69, 9.17) is 18.5 Å². The molecule has 13 heteroatoms. The predicted molar refractivity (Wildman–Crippen MR) is 243 cm³/mol. The van der Waals surface area contributed by atoms with Crippen molar-refractivity contribution in [2.75, 3.05) is 47.5 Å². The number of aliphatic hydroxyl groups is 2. The van der Waals surface area contributed by atoms with Gasteiger partial charge in [-0.1, -0.05) is 126 Å². The number of hydrogen-bond acceptors (Lipinski definition) is 10. The van der Waals surface area contributed by atoms with Crippen LogP contribution in [0.4, 0.5) is 0 Å². The Kier molecular flexibility index (Phi) is 32.1. The lowest BCUT2D eigenvalue weighted by Crippen LogP contribution is -2.37. The summed E-state index contributed by atoms with van der Waals surface area (Å²) in [6, 6.07) is 0. The van der Waals surface area contributed by atoms with Crippen LogP contribution in [-0.4, -0.2) is 103 Å². The van der Waals surface area contributed by atoms with Crippen LogP contribution in [0.15, 0.2) is 60.8 Å². The van der Waals surface area contributed by atoms with Crippen LogP contribution in [0.3, 0.4) is 0 Å². The first-order chi connectivity index (χ1) is 29.2. The zero-order valence-electron chi connectivity index (χ0n) is 38.3. The lowest BCUT2D eigenvalue weighted by molar-refractivity contribution is -0.870. The highest BCUT2D eigenvalue weighted by Crippen LogP contribution is 2.43. The van der Waals surface area contributed by atoms with E-state index in [2.05, 4.69) is 56.4 Å². The molecule has 0 amide bonds. The van der Waals surface area contributed by atoms with Crippen molar-refractivity contribution in [3.63, 3.8) is 0 Å². The van der Waals surface area contributed by atoms with Gasteiger partial charge in [-0.25, -0.2) is 4.57 Å². The first kappa shape index (κ1) is 56.3. The summed E-state index contributed by atoms with van der Waals surface area (Å²) < 4.78 is 34.2. The highest BCUT2D eigenvalue weighted by molar-refractivity contribution is 7.47. The molecule has 0 aromatic rings. The van der Waals surface area contributed by atoms with Crippen molar-refractivity contribution in [3.05, 3.63) is 60.8 Å². The molecule has 12 nitrogen and oxygen atoms in total. The Bertz CT molecular complexity index is 1390. The Morgan fingerprint density at radius 1 is 0.770 bits per heavy atom. The van der Waals surface area contributed by atoms with Crippen LogP contribution in [0.1, 0.15) is 149 Å². The van der Waals surface area contributed by atoms with Gasteiger partial charge in [-0.05, 0) is 64.2 Å². The molecule has 1 aliphatic rings. The van der Waals surface area contributed by atoms with E-state index in [1.54, 1.807) is 6.08 Å². The zero-order valence-corrected chi connectivity index (χ0v) is 39.2. The van der Waals surface area contributed by atoms with Crippen LogP contribution in [0.25, 0.3) is 0 Å². The molecule has 1 rings (SSSR count). The fourth-order valence-electron chi connectivity index (χ4n) is 6.72. The highest BCUT2D eigenvalue weighted by Gasteiger charge is 2.39. The van der Waals surface area contributed by atoms with Crippen molar-refractivity contribution in [2.45, 2.75) is 167 Å². The number of allylic oxidation sites excluding steroid dienone is 8. The lowest BCUT2D eigenvalue weighted by atomic mass is 9.88. The van der Waals surface area contributed by atoms with Crippen molar-refractivity contribution in [2.24, 2.45) is 11.8 Å². The Morgan fingerprint density at radius 2 is 1.36 bits per heavy atom. The summed E-state index contributed by atoms with van der Waals surface area (Å²) in [5.41, 5.74) is 0. The maximum absolute atomic E-state index is 12.8. The summed E-state index contributed by atoms with van der Waals surface area (Å²) in [6.45, 7) is 3.94. The summed E-state index contributed by atoms with van der Waals surface area (Å²) in [7, 11) is 1.29. The zero-order chi connectivity index (χ0) is 45.2. The fourth-order valence-corrected chi connectivity index (χ4v) is 7.47. The van der Waals surface area contributed by atoms with Gasteiger partial charge in [-0.2, -0.15) is 0 Å². The summed E-state index contributed by atoms with van der Waals surface area (Å²) in [6.07, 6.45) is 34.6. The number of aliphatic hydroxyl groups excluding tert-OH is 2. The van der Waals surface area contributed by atoms with Gasteiger partial charge in [-0.15, -0.1) is 0 Å². The van der Waals surface area contributed by atoms with Gasteiger partial charge in [0, 0.05) is 31.1 Å². The van der Waals surface area contributed by atoms with E-state index < -0.39 is 44.7 Å². The first-order valence-corrected chi connectivity index (χ1v) is 24.6. The summed E-state index contributed by atoms with van der Waals surface area (Å²) in [4.78, 5) is 48.2.